The quantitative estimate of drug-likeness (QED) is 0.149. The van der Waals surface area contributed by atoms with Crippen molar-refractivity contribution in [3.05, 3.63) is 422 Å². The molecular formula is C125H66N10OS4. The second kappa shape index (κ2) is 29.4. The van der Waals surface area contributed by atoms with Crippen molar-refractivity contribution < 1.29 is 4.42 Å². The standard InChI is InChI=1S/C68H35N5OS2.C57H31N5S2/c1-70-59-61(72-53-26-12-5-19-39(53)45-31-34-48-42-22-8-14-28-55(42)74-66(48)62(45)72)51(37-69)60(71-52-25-11-6-20-40(52)46-32-35-49-43-23-9-15-29-56(43)75-67(49)63(46)71)58(38-17-3-2-4-18-38)65(59)73-54-27-13-7-21-41(54)47-33-36-50-44-24-10-16-30-57(44)76-68(50)64(47)73;1-32-51(61-46-23-11-5-17-35(46)39-27-29-41-37-19-7-13-25-48(37)63-56(41)54(39)61)43(31-58)53(60-44-21-9-3-15-33(44)34-16-4-10-22-45(34)60)50(59-2)52(32)62-47-24-12-6-18-36(47)40-28-30-42-38-20-8-14-26-49(38)64-57(42)55(40)62/h2-36H;3-30H,1H3. The number of hydrogen-bond donors (Lipinski definition) is 0. The topological polar surface area (TPSA) is 99.0 Å². The van der Waals surface area contributed by atoms with Crippen molar-refractivity contribution in [2.24, 2.45) is 0 Å². The number of nitrogens with zero attached hydrogens (tertiary/aromatic N) is 10. The fourth-order valence-corrected chi connectivity index (χ4v) is 28.7. The summed E-state index contributed by atoms with van der Waals surface area (Å²) < 4.78 is 30.2. The SMILES string of the molecule is [C-]#[N+]c1c(-n2c3ccccc3c3ccc4c5ccccc5oc4c32)c(C#N)c(-n2c3ccccc3c3ccc4c5ccccc5sc4c32)c(-c2ccccc2)c1-n1c2ccccc2c2ccc3c4ccccc4sc3c21.[C-]#[N+]c1c(-n2c3ccccc3c3ccccc32)c(C#N)c(-n2c3ccccc3c3ccc4c5ccccc5sc4c32)c(C)c1-n1c2ccccc2c2ccc3c4ccccc4sc3c21. The molecule has 31 rings (SSSR count). The Balaban J connectivity index is 0.000000134. The maximum atomic E-state index is 12.6. The van der Waals surface area contributed by atoms with Gasteiger partial charge < -0.3 is 31.8 Å². The lowest BCUT2D eigenvalue weighted by Gasteiger charge is -2.26. The molecule has 140 heavy (non-hydrogen) atoms. The summed E-state index contributed by atoms with van der Waals surface area (Å²) in [5.41, 5.74) is 21.2. The number of benzene rings is 20. The van der Waals surface area contributed by atoms with Gasteiger partial charge in [0.15, 0.2) is 5.58 Å². The predicted octanol–water partition coefficient (Wildman–Crippen LogP) is 36.1. The molecule has 0 bridgehead atoms. The number of nitriles is 2. The van der Waals surface area contributed by atoms with E-state index in [9.17, 15) is 23.7 Å². The van der Waals surface area contributed by atoms with E-state index in [0.717, 1.165) is 200 Å². The van der Waals surface area contributed by atoms with Gasteiger partial charge in [0, 0.05) is 143 Å². The van der Waals surface area contributed by atoms with E-state index in [1.807, 2.05) is 42.5 Å². The molecule has 0 aliphatic heterocycles. The Morgan fingerprint density at radius 2 is 0.500 bits per heavy atom. The predicted molar refractivity (Wildman–Crippen MR) is 590 cm³/mol. The minimum Gasteiger partial charge on any atom is -0.454 e. The van der Waals surface area contributed by atoms with Gasteiger partial charge in [-0.05, 0) is 96.9 Å². The van der Waals surface area contributed by atoms with Crippen LogP contribution < -0.4 is 0 Å². The van der Waals surface area contributed by atoms with Gasteiger partial charge in [-0.2, -0.15) is 10.5 Å². The monoisotopic (exact) mass is 1850 g/mol. The average molecular weight is 1850 g/mol. The zero-order valence-corrected chi connectivity index (χ0v) is 77.7. The third-order valence-electron chi connectivity index (χ3n) is 29.4. The summed E-state index contributed by atoms with van der Waals surface area (Å²) in [4.78, 5) is 9.38. The first-order chi connectivity index (χ1) is 69.3. The number of hydrogen-bond acceptors (Lipinski definition) is 7. The summed E-state index contributed by atoms with van der Waals surface area (Å²) in [5, 5.41) is 48.9. The Morgan fingerprint density at radius 3 is 0.879 bits per heavy atom. The van der Waals surface area contributed by atoms with Gasteiger partial charge in [-0.3, -0.25) is 0 Å². The van der Waals surface area contributed by atoms with Crippen molar-refractivity contribution in [3.8, 4) is 57.4 Å². The smallest absolute Gasteiger partial charge is 0.236 e. The highest BCUT2D eigenvalue weighted by Crippen LogP contribution is 2.58. The van der Waals surface area contributed by atoms with Crippen molar-refractivity contribution >= 4 is 290 Å². The Morgan fingerprint density at radius 1 is 0.236 bits per heavy atom. The van der Waals surface area contributed by atoms with Crippen LogP contribution >= 0.6 is 45.3 Å². The number of fused-ring (bicyclic) bond motifs is 38. The molecule has 0 saturated heterocycles. The number of furan rings is 1. The minimum absolute atomic E-state index is 0.350. The average Bonchev–Trinajstić information content (AvgIpc) is 1.50. The molecule has 0 N–H and O–H groups in total. The van der Waals surface area contributed by atoms with Crippen LogP contribution in [0.25, 0.3) is 288 Å². The van der Waals surface area contributed by atoms with Crippen LogP contribution in [-0.4, -0.2) is 27.4 Å². The molecule has 20 aromatic carbocycles. The zero-order valence-electron chi connectivity index (χ0n) is 74.4. The lowest BCUT2D eigenvalue weighted by Crippen LogP contribution is -2.11. The van der Waals surface area contributed by atoms with Crippen LogP contribution in [0.3, 0.4) is 0 Å². The van der Waals surface area contributed by atoms with E-state index in [4.69, 9.17) is 9.26 Å². The van der Waals surface area contributed by atoms with Crippen LogP contribution in [0, 0.1) is 42.7 Å². The summed E-state index contributed by atoms with van der Waals surface area (Å²) in [6.07, 6.45) is 0. The number of rotatable bonds is 7. The molecule has 15 heteroatoms. The zero-order chi connectivity index (χ0) is 92.3. The molecule has 0 aliphatic carbocycles. The van der Waals surface area contributed by atoms with E-state index in [1.165, 1.54) is 55.8 Å². The number of thiophene rings is 4. The van der Waals surface area contributed by atoms with Crippen LogP contribution in [0.5, 0.6) is 0 Å². The first-order valence-electron chi connectivity index (χ1n) is 46.6. The van der Waals surface area contributed by atoms with Crippen molar-refractivity contribution in [1.29, 1.82) is 10.5 Å². The molecule has 11 aromatic heterocycles. The summed E-state index contributed by atoms with van der Waals surface area (Å²) in [6, 6.07) is 141. The molecule has 646 valence electrons. The van der Waals surface area contributed by atoms with Crippen molar-refractivity contribution in [2.75, 3.05) is 0 Å². The van der Waals surface area contributed by atoms with E-state index in [0.29, 0.717) is 50.8 Å². The highest BCUT2D eigenvalue weighted by Gasteiger charge is 2.38. The van der Waals surface area contributed by atoms with Crippen LogP contribution in [0.15, 0.2) is 387 Å². The molecule has 11 nitrogen and oxygen atoms in total. The van der Waals surface area contributed by atoms with Crippen molar-refractivity contribution in [2.45, 2.75) is 6.92 Å². The fraction of sp³-hybridized carbons (Fsp3) is 0.00800. The maximum Gasteiger partial charge on any atom is 0.236 e. The molecule has 0 amide bonds. The van der Waals surface area contributed by atoms with Gasteiger partial charge in [-0.1, -0.05) is 303 Å². The number of aromatic nitrogens is 6. The van der Waals surface area contributed by atoms with Gasteiger partial charge >= 0.3 is 0 Å². The lowest BCUT2D eigenvalue weighted by atomic mass is 9.93. The molecule has 0 unspecified atom stereocenters. The largest absolute Gasteiger partial charge is 0.454 e. The Labute approximate surface area is 812 Å². The normalized spacial score (nSPS) is 12.2. The Hall–Kier alpha value is -18.2. The van der Waals surface area contributed by atoms with E-state index in [2.05, 4.69) is 391 Å². The second-order valence-corrected chi connectivity index (χ2v) is 40.4. The Bertz CT molecular complexity index is 10700. The van der Waals surface area contributed by atoms with Crippen LogP contribution in [0.4, 0.5) is 11.4 Å². The van der Waals surface area contributed by atoms with E-state index in [1.54, 1.807) is 45.3 Å². The Kier molecular flexibility index (Phi) is 16.4. The minimum atomic E-state index is 0.350. The molecular weight excluding hydrogens is 1790 g/mol. The van der Waals surface area contributed by atoms with E-state index >= 15 is 0 Å². The molecule has 0 aliphatic rings. The van der Waals surface area contributed by atoms with Crippen LogP contribution in [0.1, 0.15) is 16.7 Å². The molecule has 0 spiro atoms. The first-order valence-corrected chi connectivity index (χ1v) is 49.8. The highest BCUT2D eigenvalue weighted by atomic mass is 32.1. The highest BCUT2D eigenvalue weighted by molar-refractivity contribution is 7.28. The molecule has 31 aromatic rings. The summed E-state index contributed by atoms with van der Waals surface area (Å²) in [5.74, 6) is 0. The van der Waals surface area contributed by atoms with Gasteiger partial charge in [0.2, 0.25) is 11.4 Å². The van der Waals surface area contributed by atoms with Gasteiger partial charge in [0.1, 0.15) is 17.7 Å². The van der Waals surface area contributed by atoms with Gasteiger partial charge in [-0.15, -0.1) is 45.3 Å². The molecule has 0 atom stereocenters. The van der Waals surface area contributed by atoms with Gasteiger partial charge in [0.25, 0.3) is 0 Å². The number of para-hydroxylation sites is 8. The molecule has 0 fully saturated rings. The van der Waals surface area contributed by atoms with Crippen molar-refractivity contribution in [3.63, 3.8) is 0 Å². The second-order valence-electron chi connectivity index (χ2n) is 36.2. The van der Waals surface area contributed by atoms with Crippen LogP contribution in [0.2, 0.25) is 0 Å². The van der Waals surface area contributed by atoms with Gasteiger partial charge in [-0.25, -0.2) is 9.69 Å². The van der Waals surface area contributed by atoms with E-state index < -0.39 is 0 Å². The fourth-order valence-electron chi connectivity index (χ4n) is 23.7. The first kappa shape index (κ1) is 78.2. The molecule has 0 saturated carbocycles. The maximum absolute atomic E-state index is 12.6. The summed E-state index contributed by atoms with van der Waals surface area (Å²) in [6.45, 7) is 21.3. The molecule has 0 radical (unpaired) electrons. The van der Waals surface area contributed by atoms with E-state index in [-0.39, 0.29) is 0 Å². The lowest BCUT2D eigenvalue weighted by molar-refractivity contribution is 0.671. The van der Waals surface area contributed by atoms with Crippen molar-refractivity contribution in [1.82, 2.24) is 27.4 Å². The summed E-state index contributed by atoms with van der Waals surface area (Å²) in [7, 11) is 0. The molecule has 11 heterocycles. The third kappa shape index (κ3) is 10.4. The summed E-state index contributed by atoms with van der Waals surface area (Å²) >= 11 is 7.16. The third-order valence-corrected chi connectivity index (χ3v) is 34.1. The van der Waals surface area contributed by atoms with Crippen LogP contribution in [-0.2, 0) is 0 Å². The van der Waals surface area contributed by atoms with Gasteiger partial charge in [0.05, 0.1) is 143 Å².